The highest BCUT2D eigenvalue weighted by atomic mass is 32.2. The van der Waals surface area contributed by atoms with E-state index in [2.05, 4.69) is 4.98 Å². The summed E-state index contributed by atoms with van der Waals surface area (Å²) in [5.41, 5.74) is 2.98. The topological polar surface area (TPSA) is 86.2 Å². The molecule has 6 nitrogen and oxygen atoms in total. The first-order chi connectivity index (χ1) is 14.6. The van der Waals surface area contributed by atoms with Crippen molar-refractivity contribution in [1.82, 2.24) is 4.98 Å². The average molecular weight is 417 g/mol. The summed E-state index contributed by atoms with van der Waals surface area (Å²) in [6.07, 6.45) is 2.55. The second kappa shape index (κ2) is 8.47. The highest BCUT2D eigenvalue weighted by Gasteiger charge is 2.28. The van der Waals surface area contributed by atoms with Gasteiger partial charge in [0.2, 0.25) is 5.78 Å². The molecule has 30 heavy (non-hydrogen) atoms. The maximum absolute atomic E-state index is 12.6. The molecule has 1 aromatic heterocycles. The number of rotatable bonds is 6. The van der Waals surface area contributed by atoms with Crippen molar-refractivity contribution >= 4 is 40.1 Å². The van der Waals surface area contributed by atoms with Crippen molar-refractivity contribution in [3.05, 3.63) is 70.9 Å². The fraction of sp³-hybridized carbons (Fsp3) is 0.174. The molecule has 1 aliphatic heterocycles. The van der Waals surface area contributed by atoms with Crippen LogP contribution in [0.2, 0.25) is 0 Å². The van der Waals surface area contributed by atoms with Gasteiger partial charge in [0.05, 0.1) is 5.69 Å². The van der Waals surface area contributed by atoms with Crippen molar-refractivity contribution in [3.8, 4) is 6.07 Å². The third-order valence-corrected chi connectivity index (χ3v) is 6.22. The fourth-order valence-corrected chi connectivity index (χ4v) is 4.58. The first kappa shape index (κ1) is 19.8. The van der Waals surface area contributed by atoms with Gasteiger partial charge in [0.25, 0.3) is 0 Å². The maximum atomic E-state index is 12.6. The summed E-state index contributed by atoms with van der Waals surface area (Å²) in [5, 5.41) is 11.2. The molecule has 0 amide bonds. The Kier molecular flexibility index (Phi) is 5.59. The van der Waals surface area contributed by atoms with Crippen LogP contribution in [0.5, 0.6) is 0 Å². The number of carbonyl (C=O) groups excluding carboxylic acids is 2. The van der Waals surface area contributed by atoms with E-state index in [1.54, 1.807) is 0 Å². The Bertz CT molecular complexity index is 1210. The van der Waals surface area contributed by atoms with Crippen LogP contribution < -0.4 is 4.90 Å². The number of nitriles is 1. The summed E-state index contributed by atoms with van der Waals surface area (Å²) in [5.74, 6) is -0.966. The molecule has 0 radical (unpaired) electrons. The molecule has 1 N–H and O–H groups in total. The molecule has 0 aliphatic carbocycles. The van der Waals surface area contributed by atoms with Crippen LogP contribution in [0.15, 0.2) is 70.2 Å². The molecular formula is C23H19N3O3S. The number of carbonyl (C=O) groups is 2. The Balaban J connectivity index is 1.37. The molecule has 2 aromatic carbocycles. The number of ether oxygens (including phenoxy) is 1. The number of esters is 1. The number of benzene rings is 2. The standard InChI is InChI=1S/C23H19N3O3S/c1-26-19-8-4-5-9-21(19)30-23(26)17(12-24)20(27)14-29-22(28)11-10-15-13-25-18-7-3-2-6-16(15)18/h2-9,13,25H,10-11,14H2,1H3/b23-17-. The minimum atomic E-state index is -0.500. The largest absolute Gasteiger partial charge is 0.457 e. The number of aryl methyl sites for hydroxylation is 1. The molecule has 0 saturated carbocycles. The Hall–Kier alpha value is -3.50. The zero-order chi connectivity index (χ0) is 21.1. The number of anilines is 1. The van der Waals surface area contributed by atoms with Crippen molar-refractivity contribution in [2.24, 2.45) is 0 Å². The van der Waals surface area contributed by atoms with Gasteiger partial charge in [0.1, 0.15) is 16.7 Å². The number of hydrogen-bond donors (Lipinski definition) is 1. The van der Waals surface area contributed by atoms with Crippen molar-refractivity contribution in [2.45, 2.75) is 17.7 Å². The summed E-state index contributed by atoms with van der Waals surface area (Å²) >= 11 is 1.37. The van der Waals surface area contributed by atoms with Crippen LogP contribution in [-0.2, 0) is 20.7 Å². The number of aromatic amines is 1. The van der Waals surface area contributed by atoms with Crippen molar-refractivity contribution in [1.29, 1.82) is 5.26 Å². The number of nitrogens with zero attached hydrogens (tertiary/aromatic N) is 2. The molecule has 0 unspecified atom stereocenters. The number of nitrogens with one attached hydrogen (secondary N) is 1. The number of fused-ring (bicyclic) bond motifs is 2. The van der Waals surface area contributed by atoms with Crippen LogP contribution in [0.25, 0.3) is 10.9 Å². The lowest BCUT2D eigenvalue weighted by atomic mass is 10.1. The lowest BCUT2D eigenvalue weighted by molar-refractivity contribution is -0.147. The number of para-hydroxylation sites is 2. The van der Waals surface area contributed by atoms with Gasteiger partial charge in [-0.15, -0.1) is 0 Å². The average Bonchev–Trinajstić information content (AvgIpc) is 3.33. The van der Waals surface area contributed by atoms with Crippen molar-refractivity contribution in [3.63, 3.8) is 0 Å². The monoisotopic (exact) mass is 417 g/mol. The molecule has 0 fully saturated rings. The second-order valence-electron chi connectivity index (χ2n) is 6.86. The summed E-state index contributed by atoms with van der Waals surface area (Å²) in [7, 11) is 1.81. The van der Waals surface area contributed by atoms with Gasteiger partial charge in [-0.3, -0.25) is 9.59 Å². The third kappa shape index (κ3) is 3.82. The number of thioether (sulfide) groups is 1. The SMILES string of the molecule is CN1/C(=C(\C#N)C(=O)COC(=O)CCc2c[nH]c3ccccc23)Sc2ccccc21. The van der Waals surface area contributed by atoms with Crippen LogP contribution in [0.4, 0.5) is 5.69 Å². The molecular weight excluding hydrogens is 398 g/mol. The number of aromatic nitrogens is 1. The number of ketones is 1. The molecule has 0 saturated heterocycles. The summed E-state index contributed by atoms with van der Waals surface area (Å²) < 4.78 is 5.16. The van der Waals surface area contributed by atoms with E-state index in [0.29, 0.717) is 11.4 Å². The maximum Gasteiger partial charge on any atom is 0.306 e. The van der Waals surface area contributed by atoms with Gasteiger partial charge in [-0.2, -0.15) is 5.26 Å². The van der Waals surface area contributed by atoms with Gasteiger partial charge in [-0.25, -0.2) is 0 Å². The van der Waals surface area contributed by atoms with Crippen LogP contribution in [0.1, 0.15) is 12.0 Å². The van der Waals surface area contributed by atoms with Gasteiger partial charge in [-0.05, 0) is 30.2 Å². The molecule has 0 spiro atoms. The quantitative estimate of drug-likeness (QED) is 0.368. The zero-order valence-corrected chi connectivity index (χ0v) is 17.2. The summed E-state index contributed by atoms with van der Waals surface area (Å²) in [4.78, 5) is 30.7. The van der Waals surface area contributed by atoms with Gasteiger partial charge < -0.3 is 14.6 Å². The fourth-order valence-electron chi connectivity index (χ4n) is 3.42. The van der Waals surface area contributed by atoms with E-state index in [-0.39, 0.29) is 12.0 Å². The van der Waals surface area contributed by atoms with E-state index in [1.165, 1.54) is 11.8 Å². The Labute approximate surface area is 178 Å². The van der Waals surface area contributed by atoms with E-state index in [0.717, 1.165) is 27.0 Å². The summed E-state index contributed by atoms with van der Waals surface area (Å²) in [6, 6.07) is 17.5. The third-order valence-electron chi connectivity index (χ3n) is 4.98. The van der Waals surface area contributed by atoms with Gasteiger partial charge in [-0.1, -0.05) is 42.1 Å². The molecule has 0 bridgehead atoms. The molecule has 2 heterocycles. The minimum Gasteiger partial charge on any atom is -0.457 e. The normalized spacial score (nSPS) is 14.3. The van der Waals surface area contributed by atoms with Crippen LogP contribution >= 0.6 is 11.8 Å². The van der Waals surface area contributed by atoms with E-state index in [9.17, 15) is 14.9 Å². The van der Waals surface area contributed by atoms with E-state index in [1.807, 2.05) is 72.7 Å². The van der Waals surface area contributed by atoms with Gasteiger partial charge in [0.15, 0.2) is 6.61 Å². The van der Waals surface area contributed by atoms with Gasteiger partial charge >= 0.3 is 5.97 Å². The van der Waals surface area contributed by atoms with Gasteiger partial charge in [0, 0.05) is 35.5 Å². The number of Topliss-reactive ketones (excluding diaryl/α,β-unsaturated/α-hetero) is 1. The minimum absolute atomic E-state index is 0.00290. The van der Waals surface area contributed by atoms with Crippen LogP contribution in [-0.4, -0.2) is 30.4 Å². The number of H-pyrrole nitrogens is 1. The zero-order valence-electron chi connectivity index (χ0n) is 16.3. The summed E-state index contributed by atoms with van der Waals surface area (Å²) in [6.45, 7) is -0.441. The van der Waals surface area contributed by atoms with Crippen LogP contribution in [0, 0.1) is 11.3 Å². The second-order valence-corrected chi connectivity index (χ2v) is 7.89. The molecule has 0 atom stereocenters. The Morgan fingerprint density at radius 1 is 1.17 bits per heavy atom. The van der Waals surface area contributed by atoms with Crippen LogP contribution in [0.3, 0.4) is 0 Å². The van der Waals surface area contributed by atoms with E-state index < -0.39 is 18.4 Å². The lowest BCUT2D eigenvalue weighted by Gasteiger charge is -2.14. The van der Waals surface area contributed by atoms with E-state index >= 15 is 0 Å². The highest BCUT2D eigenvalue weighted by Crippen LogP contribution is 2.46. The first-order valence-corrected chi connectivity index (χ1v) is 10.3. The highest BCUT2D eigenvalue weighted by molar-refractivity contribution is 8.03. The molecule has 150 valence electrons. The lowest BCUT2D eigenvalue weighted by Crippen LogP contribution is -2.20. The Morgan fingerprint density at radius 2 is 1.93 bits per heavy atom. The predicted octanol–water partition coefficient (Wildman–Crippen LogP) is 4.19. The molecule has 3 aromatic rings. The molecule has 7 heteroatoms. The molecule has 4 rings (SSSR count). The smallest absolute Gasteiger partial charge is 0.306 e. The van der Waals surface area contributed by atoms with E-state index in [4.69, 9.17) is 4.74 Å². The first-order valence-electron chi connectivity index (χ1n) is 9.47. The predicted molar refractivity (Wildman–Crippen MR) is 116 cm³/mol. The number of hydrogen-bond acceptors (Lipinski definition) is 6. The molecule has 1 aliphatic rings. The van der Waals surface area contributed by atoms with Crippen molar-refractivity contribution in [2.75, 3.05) is 18.6 Å². The Morgan fingerprint density at radius 3 is 2.73 bits per heavy atom. The van der Waals surface area contributed by atoms with Crippen molar-refractivity contribution < 1.29 is 14.3 Å².